The lowest BCUT2D eigenvalue weighted by Gasteiger charge is -2.23. The highest BCUT2D eigenvalue weighted by molar-refractivity contribution is 5.74. The zero-order valence-corrected chi connectivity index (χ0v) is 15.7. The summed E-state index contributed by atoms with van der Waals surface area (Å²) in [4.78, 5) is 18.8. The van der Waals surface area contributed by atoms with Gasteiger partial charge in [-0.2, -0.15) is 0 Å². The summed E-state index contributed by atoms with van der Waals surface area (Å²) in [5.41, 5.74) is 5.24. The molecular formula is C20H28N4O. The molecule has 0 spiro atoms. The maximum absolute atomic E-state index is 12.3. The standard InChI is InChI=1S/C20H28N4O/c1-5-21-20(25)24(17-6-7-17)13-19-22-8-9-23(19)12-18-15(3)10-14(2)11-16(18)4/h8-11,17H,5-7,12-13H2,1-4H3,(H,21,25). The van der Waals surface area contributed by atoms with E-state index in [9.17, 15) is 4.79 Å². The number of amides is 2. The highest BCUT2D eigenvalue weighted by Gasteiger charge is 2.33. The molecule has 1 fully saturated rings. The third kappa shape index (κ3) is 4.03. The normalized spacial score (nSPS) is 13.8. The molecule has 0 unspecified atom stereocenters. The average molecular weight is 340 g/mol. The van der Waals surface area contributed by atoms with Gasteiger partial charge in [-0.05, 0) is 57.2 Å². The van der Waals surface area contributed by atoms with Gasteiger partial charge in [-0.3, -0.25) is 0 Å². The molecule has 3 rings (SSSR count). The second-order valence-corrected chi connectivity index (χ2v) is 7.04. The van der Waals surface area contributed by atoms with Crippen LogP contribution < -0.4 is 5.32 Å². The summed E-state index contributed by atoms with van der Waals surface area (Å²) in [6.07, 6.45) is 6.02. The van der Waals surface area contributed by atoms with Gasteiger partial charge in [-0.15, -0.1) is 0 Å². The minimum atomic E-state index is 0.0160. The molecular weight excluding hydrogens is 312 g/mol. The second-order valence-electron chi connectivity index (χ2n) is 7.04. The molecule has 1 aliphatic carbocycles. The van der Waals surface area contributed by atoms with Gasteiger partial charge < -0.3 is 14.8 Å². The quantitative estimate of drug-likeness (QED) is 0.874. The second kappa shape index (κ2) is 7.30. The van der Waals surface area contributed by atoms with Crippen LogP contribution in [0.4, 0.5) is 4.79 Å². The van der Waals surface area contributed by atoms with E-state index in [1.165, 1.54) is 22.3 Å². The summed E-state index contributed by atoms with van der Waals surface area (Å²) in [5, 5.41) is 2.92. The third-order valence-electron chi connectivity index (χ3n) is 4.86. The number of aryl methyl sites for hydroxylation is 3. The van der Waals surface area contributed by atoms with E-state index >= 15 is 0 Å². The maximum atomic E-state index is 12.3. The number of nitrogens with zero attached hydrogens (tertiary/aromatic N) is 3. The largest absolute Gasteiger partial charge is 0.338 e. The minimum Gasteiger partial charge on any atom is -0.338 e. The Hall–Kier alpha value is -2.30. The number of urea groups is 1. The lowest BCUT2D eigenvalue weighted by atomic mass is 10.00. The van der Waals surface area contributed by atoms with Gasteiger partial charge in [0.2, 0.25) is 0 Å². The first-order valence-corrected chi connectivity index (χ1v) is 9.10. The number of hydrogen-bond donors (Lipinski definition) is 1. The van der Waals surface area contributed by atoms with Crippen LogP contribution in [-0.2, 0) is 13.1 Å². The Balaban J connectivity index is 1.80. The van der Waals surface area contributed by atoms with E-state index in [0.717, 1.165) is 25.2 Å². The predicted octanol–water partition coefficient (Wildman–Crippen LogP) is 3.55. The Labute approximate surface area is 150 Å². The zero-order valence-electron chi connectivity index (χ0n) is 15.7. The topological polar surface area (TPSA) is 50.2 Å². The number of carbonyl (C=O) groups is 1. The van der Waals surface area contributed by atoms with Crippen LogP contribution in [0.15, 0.2) is 24.5 Å². The third-order valence-corrected chi connectivity index (χ3v) is 4.86. The van der Waals surface area contributed by atoms with Crippen molar-refractivity contribution >= 4 is 6.03 Å². The van der Waals surface area contributed by atoms with Crippen LogP contribution in [0.1, 0.15) is 47.8 Å². The van der Waals surface area contributed by atoms with Crippen LogP contribution in [0.2, 0.25) is 0 Å². The Morgan fingerprint density at radius 2 is 1.96 bits per heavy atom. The Bertz CT molecular complexity index is 738. The molecule has 0 aliphatic heterocycles. The fourth-order valence-electron chi connectivity index (χ4n) is 3.42. The number of aromatic nitrogens is 2. The molecule has 0 radical (unpaired) electrons. The summed E-state index contributed by atoms with van der Waals surface area (Å²) in [7, 11) is 0. The number of benzene rings is 1. The first-order chi connectivity index (χ1) is 12.0. The van der Waals surface area contributed by atoms with Crippen molar-refractivity contribution in [3.05, 3.63) is 52.6 Å². The molecule has 0 bridgehead atoms. The van der Waals surface area contributed by atoms with E-state index in [4.69, 9.17) is 0 Å². The van der Waals surface area contributed by atoms with Crippen molar-refractivity contribution in [2.75, 3.05) is 6.54 Å². The molecule has 25 heavy (non-hydrogen) atoms. The monoisotopic (exact) mass is 340 g/mol. The molecule has 0 atom stereocenters. The van der Waals surface area contributed by atoms with Crippen LogP contribution in [-0.4, -0.2) is 33.1 Å². The Morgan fingerprint density at radius 3 is 2.56 bits per heavy atom. The van der Waals surface area contributed by atoms with E-state index in [1.807, 2.05) is 24.2 Å². The highest BCUT2D eigenvalue weighted by Crippen LogP contribution is 2.28. The van der Waals surface area contributed by atoms with Gasteiger partial charge in [0.15, 0.2) is 0 Å². The lowest BCUT2D eigenvalue weighted by molar-refractivity contribution is 0.190. The zero-order chi connectivity index (χ0) is 18.0. The van der Waals surface area contributed by atoms with E-state index in [-0.39, 0.29) is 6.03 Å². The van der Waals surface area contributed by atoms with Gasteiger partial charge in [-0.1, -0.05) is 17.7 Å². The Kier molecular flexibility index (Phi) is 5.11. The molecule has 1 saturated carbocycles. The summed E-state index contributed by atoms with van der Waals surface area (Å²) in [6, 6.07) is 4.83. The molecule has 1 aliphatic rings. The number of imidazole rings is 1. The van der Waals surface area contributed by atoms with Crippen molar-refractivity contribution in [2.24, 2.45) is 0 Å². The average Bonchev–Trinajstić information content (AvgIpc) is 3.29. The van der Waals surface area contributed by atoms with Crippen molar-refractivity contribution in [1.82, 2.24) is 19.8 Å². The van der Waals surface area contributed by atoms with Gasteiger partial charge in [-0.25, -0.2) is 9.78 Å². The molecule has 2 aromatic rings. The first-order valence-electron chi connectivity index (χ1n) is 9.10. The number of rotatable bonds is 6. The highest BCUT2D eigenvalue weighted by atomic mass is 16.2. The molecule has 1 aromatic heterocycles. The van der Waals surface area contributed by atoms with Gasteiger partial charge in [0, 0.05) is 31.5 Å². The van der Waals surface area contributed by atoms with Crippen LogP contribution in [0, 0.1) is 20.8 Å². The molecule has 2 amide bonds. The SMILES string of the molecule is CCNC(=O)N(Cc1nccn1Cc1c(C)cc(C)cc1C)C1CC1. The maximum Gasteiger partial charge on any atom is 0.318 e. The van der Waals surface area contributed by atoms with Crippen molar-refractivity contribution in [3.63, 3.8) is 0 Å². The van der Waals surface area contributed by atoms with Crippen LogP contribution >= 0.6 is 0 Å². The van der Waals surface area contributed by atoms with Crippen molar-refractivity contribution in [2.45, 2.75) is 59.7 Å². The molecule has 0 saturated heterocycles. The van der Waals surface area contributed by atoms with E-state index < -0.39 is 0 Å². The van der Waals surface area contributed by atoms with Crippen LogP contribution in [0.3, 0.4) is 0 Å². The fourth-order valence-corrected chi connectivity index (χ4v) is 3.42. The van der Waals surface area contributed by atoms with Gasteiger partial charge in [0.05, 0.1) is 6.54 Å². The molecule has 134 valence electrons. The molecule has 1 aromatic carbocycles. The van der Waals surface area contributed by atoms with Crippen molar-refractivity contribution < 1.29 is 4.79 Å². The summed E-state index contributed by atoms with van der Waals surface area (Å²) < 4.78 is 2.17. The summed E-state index contributed by atoms with van der Waals surface area (Å²) in [6.45, 7) is 10.4. The molecule has 1 N–H and O–H groups in total. The number of nitrogens with one attached hydrogen (secondary N) is 1. The van der Waals surface area contributed by atoms with Crippen molar-refractivity contribution in [1.29, 1.82) is 0 Å². The summed E-state index contributed by atoms with van der Waals surface area (Å²) in [5.74, 6) is 0.942. The van der Waals surface area contributed by atoms with Gasteiger partial charge in [0.1, 0.15) is 5.82 Å². The van der Waals surface area contributed by atoms with Crippen LogP contribution in [0.25, 0.3) is 0 Å². The molecule has 5 nitrogen and oxygen atoms in total. The van der Waals surface area contributed by atoms with Gasteiger partial charge in [0.25, 0.3) is 0 Å². The lowest BCUT2D eigenvalue weighted by Crippen LogP contribution is -2.41. The predicted molar refractivity (Wildman–Crippen MR) is 99.6 cm³/mol. The smallest absolute Gasteiger partial charge is 0.318 e. The molecule has 1 heterocycles. The number of hydrogen-bond acceptors (Lipinski definition) is 2. The minimum absolute atomic E-state index is 0.0160. The van der Waals surface area contributed by atoms with Gasteiger partial charge >= 0.3 is 6.03 Å². The van der Waals surface area contributed by atoms with E-state index in [2.05, 4.69) is 47.8 Å². The first kappa shape index (κ1) is 17.5. The fraction of sp³-hybridized carbons (Fsp3) is 0.500. The number of carbonyl (C=O) groups excluding carboxylic acids is 1. The molecule has 5 heteroatoms. The van der Waals surface area contributed by atoms with E-state index in [1.54, 1.807) is 0 Å². The van der Waals surface area contributed by atoms with Crippen LogP contribution in [0.5, 0.6) is 0 Å². The van der Waals surface area contributed by atoms with E-state index in [0.29, 0.717) is 19.1 Å². The van der Waals surface area contributed by atoms with Crippen molar-refractivity contribution in [3.8, 4) is 0 Å². The Morgan fingerprint density at radius 1 is 1.28 bits per heavy atom. The summed E-state index contributed by atoms with van der Waals surface area (Å²) >= 11 is 0.